The lowest BCUT2D eigenvalue weighted by atomic mass is 10.0. The number of Topliss-reactive ketones (excluding diaryl/α,β-unsaturated/α-hetero) is 1. The van der Waals surface area contributed by atoms with Crippen LogP contribution < -0.4 is 5.32 Å². The highest BCUT2D eigenvalue weighted by Gasteiger charge is 2.11. The Balaban J connectivity index is 2.66. The van der Waals surface area contributed by atoms with Gasteiger partial charge >= 0.3 is 5.97 Å². The lowest BCUT2D eigenvalue weighted by Gasteiger charge is -2.12. The SMILES string of the molecule is CNC(CCc1cccc(C(=O)O)c1)C(C)=O. The third-order valence-corrected chi connectivity index (χ3v) is 2.73. The Morgan fingerprint density at radius 1 is 1.41 bits per heavy atom. The first kappa shape index (κ1) is 13.4. The summed E-state index contributed by atoms with van der Waals surface area (Å²) >= 11 is 0. The molecule has 1 aromatic carbocycles. The standard InChI is InChI=1S/C13H17NO3/c1-9(15)12(14-2)7-6-10-4-3-5-11(8-10)13(16)17/h3-5,8,12,14H,6-7H2,1-2H3,(H,16,17). The van der Waals surface area contributed by atoms with Crippen LogP contribution in [0.15, 0.2) is 24.3 Å². The van der Waals surface area contributed by atoms with Crippen LogP contribution in [-0.4, -0.2) is 29.9 Å². The van der Waals surface area contributed by atoms with E-state index in [1.54, 1.807) is 32.2 Å². The predicted molar refractivity (Wildman–Crippen MR) is 65.3 cm³/mol. The normalized spacial score (nSPS) is 12.1. The largest absolute Gasteiger partial charge is 0.478 e. The van der Waals surface area contributed by atoms with E-state index in [4.69, 9.17) is 5.11 Å². The van der Waals surface area contributed by atoms with Gasteiger partial charge in [0.2, 0.25) is 0 Å². The van der Waals surface area contributed by atoms with Crippen LogP contribution in [0.4, 0.5) is 0 Å². The summed E-state index contributed by atoms with van der Waals surface area (Å²) in [7, 11) is 1.75. The minimum Gasteiger partial charge on any atom is -0.478 e. The fourth-order valence-electron chi connectivity index (χ4n) is 1.72. The molecule has 0 bridgehead atoms. The van der Waals surface area contributed by atoms with Gasteiger partial charge in [0.15, 0.2) is 0 Å². The molecule has 2 N–H and O–H groups in total. The van der Waals surface area contributed by atoms with E-state index in [9.17, 15) is 9.59 Å². The van der Waals surface area contributed by atoms with E-state index in [2.05, 4.69) is 5.32 Å². The van der Waals surface area contributed by atoms with Crippen LogP contribution in [0.1, 0.15) is 29.3 Å². The number of likely N-dealkylation sites (N-methyl/N-ethyl adjacent to an activating group) is 1. The summed E-state index contributed by atoms with van der Waals surface area (Å²) in [6, 6.07) is 6.64. The monoisotopic (exact) mass is 235 g/mol. The molecule has 0 aromatic heterocycles. The molecule has 1 rings (SSSR count). The van der Waals surface area contributed by atoms with E-state index in [1.165, 1.54) is 0 Å². The maximum atomic E-state index is 11.2. The molecule has 0 spiro atoms. The maximum absolute atomic E-state index is 11.2. The third-order valence-electron chi connectivity index (χ3n) is 2.73. The number of ketones is 1. The zero-order chi connectivity index (χ0) is 12.8. The van der Waals surface area contributed by atoms with Gasteiger partial charge in [-0.2, -0.15) is 0 Å². The number of carbonyl (C=O) groups excluding carboxylic acids is 1. The number of carboxylic acid groups (broad SMARTS) is 1. The van der Waals surface area contributed by atoms with E-state index in [1.807, 2.05) is 6.07 Å². The number of aromatic carboxylic acids is 1. The Bertz CT molecular complexity index is 415. The van der Waals surface area contributed by atoms with Gasteiger partial charge in [0.05, 0.1) is 11.6 Å². The second kappa shape index (κ2) is 6.15. The minimum absolute atomic E-state index is 0.0990. The quantitative estimate of drug-likeness (QED) is 0.784. The zero-order valence-corrected chi connectivity index (χ0v) is 10.1. The molecule has 0 aliphatic carbocycles. The maximum Gasteiger partial charge on any atom is 0.335 e. The highest BCUT2D eigenvalue weighted by Crippen LogP contribution is 2.09. The highest BCUT2D eigenvalue weighted by atomic mass is 16.4. The van der Waals surface area contributed by atoms with E-state index < -0.39 is 5.97 Å². The van der Waals surface area contributed by atoms with Crippen molar-refractivity contribution in [2.24, 2.45) is 0 Å². The molecule has 0 fully saturated rings. The van der Waals surface area contributed by atoms with Gasteiger partial charge in [0.25, 0.3) is 0 Å². The third kappa shape index (κ3) is 4.00. The van der Waals surface area contributed by atoms with E-state index in [0.717, 1.165) is 5.56 Å². The summed E-state index contributed by atoms with van der Waals surface area (Å²) in [5.74, 6) is -0.828. The minimum atomic E-state index is -0.927. The average molecular weight is 235 g/mol. The Morgan fingerprint density at radius 2 is 2.12 bits per heavy atom. The molecule has 92 valence electrons. The topological polar surface area (TPSA) is 66.4 Å². The summed E-state index contributed by atoms with van der Waals surface area (Å²) in [4.78, 5) is 22.0. The number of rotatable bonds is 6. The summed E-state index contributed by atoms with van der Waals surface area (Å²) in [6.45, 7) is 1.55. The van der Waals surface area contributed by atoms with Crippen molar-refractivity contribution >= 4 is 11.8 Å². The molecule has 0 heterocycles. The fourth-order valence-corrected chi connectivity index (χ4v) is 1.72. The average Bonchev–Trinajstić information content (AvgIpc) is 2.29. The van der Waals surface area contributed by atoms with Gasteiger partial charge in [-0.15, -0.1) is 0 Å². The fraction of sp³-hybridized carbons (Fsp3) is 0.385. The number of nitrogens with one attached hydrogen (secondary N) is 1. The number of aryl methyl sites for hydroxylation is 1. The highest BCUT2D eigenvalue weighted by molar-refractivity contribution is 5.87. The number of hydrogen-bond donors (Lipinski definition) is 2. The predicted octanol–water partition coefficient (Wildman–Crippen LogP) is 1.49. The number of carbonyl (C=O) groups is 2. The second-order valence-electron chi connectivity index (χ2n) is 4.00. The van der Waals surface area contributed by atoms with Crippen LogP contribution >= 0.6 is 0 Å². The van der Waals surface area contributed by atoms with Crippen LogP contribution in [0.3, 0.4) is 0 Å². The van der Waals surface area contributed by atoms with Crippen molar-refractivity contribution in [3.05, 3.63) is 35.4 Å². The summed E-state index contributed by atoms with van der Waals surface area (Å²) in [5, 5.41) is 11.8. The molecule has 0 amide bonds. The smallest absolute Gasteiger partial charge is 0.335 e. The van der Waals surface area contributed by atoms with Gasteiger partial charge in [-0.3, -0.25) is 4.79 Å². The summed E-state index contributed by atoms with van der Waals surface area (Å²) < 4.78 is 0. The lowest BCUT2D eigenvalue weighted by Crippen LogP contribution is -2.32. The first-order valence-electron chi connectivity index (χ1n) is 5.54. The molecular formula is C13H17NO3. The van der Waals surface area contributed by atoms with Crippen molar-refractivity contribution in [3.63, 3.8) is 0 Å². The molecule has 0 aliphatic rings. The zero-order valence-electron chi connectivity index (χ0n) is 10.1. The first-order valence-corrected chi connectivity index (χ1v) is 5.54. The van der Waals surface area contributed by atoms with Crippen molar-refractivity contribution in [2.45, 2.75) is 25.8 Å². The van der Waals surface area contributed by atoms with E-state index in [0.29, 0.717) is 12.8 Å². The molecule has 4 heteroatoms. The Morgan fingerprint density at radius 3 is 2.65 bits per heavy atom. The number of benzene rings is 1. The van der Waals surface area contributed by atoms with Gasteiger partial charge in [-0.05, 0) is 44.5 Å². The molecule has 4 nitrogen and oxygen atoms in total. The Labute approximate surface area is 101 Å². The molecule has 0 saturated carbocycles. The van der Waals surface area contributed by atoms with Crippen LogP contribution in [0.25, 0.3) is 0 Å². The molecule has 1 unspecified atom stereocenters. The number of carboxylic acids is 1. The summed E-state index contributed by atoms with van der Waals surface area (Å²) in [6.07, 6.45) is 1.36. The number of hydrogen-bond acceptors (Lipinski definition) is 3. The molecule has 1 aromatic rings. The van der Waals surface area contributed by atoms with Gasteiger partial charge in [-0.1, -0.05) is 12.1 Å². The van der Waals surface area contributed by atoms with Crippen molar-refractivity contribution < 1.29 is 14.7 Å². The van der Waals surface area contributed by atoms with Crippen molar-refractivity contribution in [3.8, 4) is 0 Å². The molecule has 0 radical (unpaired) electrons. The van der Waals surface area contributed by atoms with E-state index >= 15 is 0 Å². The Kier molecular flexibility index (Phi) is 4.84. The van der Waals surface area contributed by atoms with Gasteiger partial charge in [-0.25, -0.2) is 4.79 Å². The second-order valence-corrected chi connectivity index (χ2v) is 4.00. The molecule has 1 atom stereocenters. The lowest BCUT2D eigenvalue weighted by molar-refractivity contribution is -0.119. The van der Waals surface area contributed by atoms with Crippen LogP contribution in [0.2, 0.25) is 0 Å². The van der Waals surface area contributed by atoms with Gasteiger partial charge in [0.1, 0.15) is 5.78 Å². The first-order chi connectivity index (χ1) is 8.04. The van der Waals surface area contributed by atoms with Gasteiger partial charge < -0.3 is 10.4 Å². The van der Waals surface area contributed by atoms with Crippen LogP contribution in [0, 0.1) is 0 Å². The molecule has 0 aliphatic heterocycles. The Hall–Kier alpha value is -1.68. The van der Waals surface area contributed by atoms with Crippen molar-refractivity contribution in [1.82, 2.24) is 5.32 Å². The van der Waals surface area contributed by atoms with Crippen LogP contribution in [0.5, 0.6) is 0 Å². The van der Waals surface area contributed by atoms with Crippen LogP contribution in [-0.2, 0) is 11.2 Å². The van der Waals surface area contributed by atoms with E-state index in [-0.39, 0.29) is 17.4 Å². The summed E-state index contributed by atoms with van der Waals surface area (Å²) in [5.41, 5.74) is 1.22. The molecule has 0 saturated heterocycles. The van der Waals surface area contributed by atoms with Crippen molar-refractivity contribution in [1.29, 1.82) is 0 Å². The molecular weight excluding hydrogens is 218 g/mol. The van der Waals surface area contributed by atoms with Gasteiger partial charge in [0, 0.05) is 0 Å². The van der Waals surface area contributed by atoms with Crippen molar-refractivity contribution in [2.75, 3.05) is 7.05 Å². The molecule has 17 heavy (non-hydrogen) atoms.